The number of hydrogen-bond acceptors (Lipinski definition) is 8. The van der Waals surface area contributed by atoms with Gasteiger partial charge >= 0.3 is 5.97 Å². The van der Waals surface area contributed by atoms with E-state index in [2.05, 4.69) is 36.1 Å². The van der Waals surface area contributed by atoms with Gasteiger partial charge in [-0.05, 0) is 106 Å². The minimum atomic E-state index is -2.78. The lowest BCUT2D eigenvalue weighted by atomic mass is 9.84. The highest BCUT2D eigenvalue weighted by atomic mass is 19.3. The van der Waals surface area contributed by atoms with Crippen molar-refractivity contribution in [3.05, 3.63) is 77.1 Å². The van der Waals surface area contributed by atoms with Gasteiger partial charge in [-0.3, -0.25) is 29.3 Å². The molecule has 0 aliphatic carbocycles. The normalized spacial score (nSPS) is 20.0. The molecule has 6 rings (SSSR count). The highest BCUT2D eigenvalue weighted by Crippen LogP contribution is 2.42. The zero-order valence-corrected chi connectivity index (χ0v) is 35.2. The number of benzene rings is 2. The smallest absolute Gasteiger partial charge is 0.324 e. The number of carbonyl (C=O) groups excluding carboxylic acids is 3. The highest BCUT2D eigenvalue weighted by Gasteiger charge is 2.37. The molecule has 4 heterocycles. The number of carbonyl (C=O) groups is 3. The molecule has 4 atom stereocenters. The van der Waals surface area contributed by atoms with Crippen LogP contribution in [0.2, 0.25) is 0 Å². The summed E-state index contributed by atoms with van der Waals surface area (Å²) < 4.78 is 43.6. The van der Waals surface area contributed by atoms with Crippen molar-refractivity contribution in [1.82, 2.24) is 30.2 Å². The van der Waals surface area contributed by atoms with E-state index in [0.717, 1.165) is 39.0 Å². The molecular formula is C45H58F2N6O5. The fourth-order valence-corrected chi connectivity index (χ4v) is 8.63. The van der Waals surface area contributed by atoms with Gasteiger partial charge in [0.25, 0.3) is 12.3 Å². The van der Waals surface area contributed by atoms with Crippen LogP contribution in [0.15, 0.2) is 54.7 Å². The topological polar surface area (TPSA) is 118 Å². The summed E-state index contributed by atoms with van der Waals surface area (Å²) in [5.41, 5.74) is 8.74. The first-order chi connectivity index (χ1) is 27.5. The Morgan fingerprint density at radius 3 is 2.53 bits per heavy atom. The number of alkyl halides is 2. The molecule has 2 amide bonds. The molecule has 6 bridgehead atoms. The Labute approximate surface area is 340 Å². The molecule has 2 aromatic carbocycles. The van der Waals surface area contributed by atoms with Gasteiger partial charge in [-0.15, -0.1) is 0 Å². The average molecular weight is 801 g/mol. The van der Waals surface area contributed by atoms with Crippen LogP contribution in [0.1, 0.15) is 89.3 Å². The summed E-state index contributed by atoms with van der Waals surface area (Å²) >= 11 is 0. The maximum absolute atomic E-state index is 14.7. The third-order valence-corrected chi connectivity index (χ3v) is 11.4. The molecule has 58 heavy (non-hydrogen) atoms. The van der Waals surface area contributed by atoms with Crippen LogP contribution in [-0.4, -0.2) is 89.7 Å². The number of hydrazine groups is 1. The van der Waals surface area contributed by atoms with E-state index >= 15 is 0 Å². The second-order valence-electron chi connectivity index (χ2n) is 17.1. The van der Waals surface area contributed by atoms with Crippen molar-refractivity contribution >= 4 is 28.7 Å². The summed E-state index contributed by atoms with van der Waals surface area (Å²) in [6, 6.07) is 12.2. The number of halogens is 2. The lowest BCUT2D eigenvalue weighted by molar-refractivity contribution is -0.155. The van der Waals surface area contributed by atoms with Gasteiger partial charge in [0.15, 0.2) is 0 Å². The van der Waals surface area contributed by atoms with Crippen LogP contribution in [0.5, 0.6) is 0 Å². The Bertz CT molecular complexity index is 2140. The summed E-state index contributed by atoms with van der Waals surface area (Å²) in [4.78, 5) is 48.5. The van der Waals surface area contributed by atoms with E-state index in [0.29, 0.717) is 43.5 Å². The number of fused-ring (bicyclic) bond motifs is 6. The van der Waals surface area contributed by atoms with Gasteiger partial charge in [-0.25, -0.2) is 14.2 Å². The van der Waals surface area contributed by atoms with Crippen LogP contribution >= 0.6 is 0 Å². The van der Waals surface area contributed by atoms with Crippen molar-refractivity contribution in [1.29, 1.82) is 0 Å². The summed E-state index contributed by atoms with van der Waals surface area (Å²) in [5.74, 6) is -1.37. The molecule has 0 radical (unpaired) electrons. The zero-order valence-electron chi connectivity index (χ0n) is 35.2. The average Bonchev–Trinajstić information content (AvgIpc) is 3.49. The van der Waals surface area contributed by atoms with Gasteiger partial charge in [0.1, 0.15) is 12.1 Å². The number of likely N-dealkylation sites (N-methyl/N-ethyl adjacent to an activating group) is 1. The van der Waals surface area contributed by atoms with E-state index in [1.165, 1.54) is 17.1 Å². The van der Waals surface area contributed by atoms with Crippen molar-refractivity contribution in [3.63, 3.8) is 0 Å². The first-order valence-electron chi connectivity index (χ1n) is 20.3. The van der Waals surface area contributed by atoms with E-state index in [4.69, 9.17) is 14.5 Å². The number of esters is 1. The van der Waals surface area contributed by atoms with E-state index < -0.39 is 41.8 Å². The first-order valence-corrected chi connectivity index (χ1v) is 20.3. The van der Waals surface area contributed by atoms with Crippen molar-refractivity contribution in [2.45, 2.75) is 104 Å². The molecule has 0 saturated carbocycles. The van der Waals surface area contributed by atoms with Crippen molar-refractivity contribution in [2.24, 2.45) is 11.3 Å². The molecule has 312 valence electrons. The molecule has 13 heteroatoms. The van der Waals surface area contributed by atoms with Gasteiger partial charge in [0, 0.05) is 60.3 Å². The fraction of sp³-hybridized carbons (Fsp3) is 0.511. The number of nitrogens with zero attached hydrogens (tertiary/aromatic N) is 4. The van der Waals surface area contributed by atoms with Gasteiger partial charge in [-0.1, -0.05) is 45.9 Å². The van der Waals surface area contributed by atoms with Crippen LogP contribution < -0.4 is 10.7 Å². The lowest BCUT2D eigenvalue weighted by Crippen LogP contribution is -2.61. The number of nitrogens with one attached hydrogen (secondary N) is 2. The van der Waals surface area contributed by atoms with Crippen LogP contribution in [0.4, 0.5) is 8.78 Å². The Morgan fingerprint density at radius 2 is 1.86 bits per heavy atom. The molecular weight excluding hydrogens is 743 g/mol. The summed E-state index contributed by atoms with van der Waals surface area (Å²) in [6.07, 6.45) is 0.106. The number of amides is 2. The number of cyclic esters (lactones) is 1. The summed E-state index contributed by atoms with van der Waals surface area (Å²) in [6.45, 7) is 13.0. The SMILES string of the molecule is CCn1c(-c2cccnc2C(C)OC)c2c3cc(ccc31)-c1cc(cc(C(F)F)c1)CC(NC(=O)C(C(C)C)N(C)C)C(=O)N1CCC[C@H](N1)C(=O)OCC(C)(C)C2. The molecule has 2 aromatic heterocycles. The van der Waals surface area contributed by atoms with Crippen LogP contribution in [0.25, 0.3) is 33.3 Å². The molecule has 2 aliphatic heterocycles. The number of hydrogen-bond donors (Lipinski definition) is 2. The largest absolute Gasteiger partial charge is 0.464 e. The van der Waals surface area contributed by atoms with Gasteiger partial charge < -0.3 is 19.4 Å². The lowest BCUT2D eigenvalue weighted by Gasteiger charge is -2.36. The maximum Gasteiger partial charge on any atom is 0.324 e. The summed E-state index contributed by atoms with van der Waals surface area (Å²) in [5, 5.41) is 5.28. The fourth-order valence-electron chi connectivity index (χ4n) is 8.63. The Morgan fingerprint density at radius 1 is 1.10 bits per heavy atom. The minimum Gasteiger partial charge on any atom is -0.464 e. The molecule has 3 unspecified atom stereocenters. The van der Waals surface area contributed by atoms with E-state index in [1.807, 2.05) is 57.2 Å². The quantitative estimate of drug-likeness (QED) is 0.170. The first kappa shape index (κ1) is 42.9. The number of aryl methyl sites for hydroxylation is 1. The number of aromatic nitrogens is 2. The number of methoxy groups -OCH3 is 1. The van der Waals surface area contributed by atoms with E-state index in [9.17, 15) is 23.2 Å². The predicted octanol–water partition coefficient (Wildman–Crippen LogP) is 7.27. The van der Waals surface area contributed by atoms with Gasteiger partial charge in [0.2, 0.25) is 5.91 Å². The number of pyridine rings is 1. The zero-order chi connectivity index (χ0) is 42.1. The Kier molecular flexibility index (Phi) is 13.0. The number of ether oxygens (including phenoxy) is 2. The Hall–Kier alpha value is -4.72. The second-order valence-corrected chi connectivity index (χ2v) is 17.1. The third kappa shape index (κ3) is 8.96. The Balaban J connectivity index is 1.57. The molecule has 11 nitrogen and oxygen atoms in total. The van der Waals surface area contributed by atoms with Crippen LogP contribution in [0.3, 0.4) is 0 Å². The molecule has 1 fully saturated rings. The van der Waals surface area contributed by atoms with E-state index in [1.54, 1.807) is 32.3 Å². The van der Waals surface area contributed by atoms with Crippen molar-refractivity contribution < 1.29 is 32.6 Å². The minimum absolute atomic E-state index is 0.0524. The van der Waals surface area contributed by atoms with Gasteiger partial charge in [-0.2, -0.15) is 0 Å². The molecule has 4 aromatic rings. The van der Waals surface area contributed by atoms with Crippen LogP contribution in [0, 0.1) is 11.3 Å². The molecule has 2 aliphatic rings. The van der Waals surface area contributed by atoms with E-state index in [-0.39, 0.29) is 36.5 Å². The van der Waals surface area contributed by atoms with Crippen molar-refractivity contribution in [3.8, 4) is 22.4 Å². The maximum atomic E-state index is 14.7. The van der Waals surface area contributed by atoms with Gasteiger partial charge in [0.05, 0.1) is 30.1 Å². The monoisotopic (exact) mass is 800 g/mol. The molecule has 0 spiro atoms. The summed E-state index contributed by atoms with van der Waals surface area (Å²) in [7, 11) is 5.25. The second kappa shape index (κ2) is 17.6. The highest BCUT2D eigenvalue weighted by molar-refractivity contribution is 5.95. The molecule has 1 saturated heterocycles. The number of rotatable bonds is 9. The third-order valence-electron chi connectivity index (χ3n) is 11.4. The predicted molar refractivity (Wildman–Crippen MR) is 221 cm³/mol. The standard InChI is InChI=1S/C45H58F2N6O5/c1-10-52-37-16-15-29-23-33(37)34(40(52)32-13-11-17-48-38(32)27(4)57-9)24-45(5,6)25-58-44(56)35-14-12-18-53(50-35)43(55)36(49-42(54)39(26(2)3)51(7)8)21-28-19-30(29)22-31(20-28)41(46)47/h11,13,15-17,19-20,22-23,26-27,35-36,39,41,50H,10,12,14,18,21,24-25H2,1-9H3,(H,49,54)/t27?,35-,36?,39?/m0/s1. The van der Waals surface area contributed by atoms with Crippen molar-refractivity contribution in [2.75, 3.05) is 34.4 Å². The van der Waals surface area contributed by atoms with Crippen LogP contribution in [-0.2, 0) is 43.2 Å². The molecule has 2 N–H and O–H groups in total.